The monoisotopic (exact) mass is 247 g/mol. The van der Waals surface area contributed by atoms with Crippen LogP contribution in [0.4, 0.5) is 0 Å². The average molecular weight is 247 g/mol. The summed E-state index contributed by atoms with van der Waals surface area (Å²) in [5.74, 6) is -0.161. The van der Waals surface area contributed by atoms with Gasteiger partial charge in [0.05, 0.1) is 11.5 Å². The van der Waals surface area contributed by atoms with Crippen molar-refractivity contribution >= 4 is 5.97 Å². The molecular weight excluding hydrogens is 226 g/mol. The van der Waals surface area contributed by atoms with Crippen LogP contribution in [0.5, 0.6) is 0 Å². The zero-order chi connectivity index (χ0) is 13.6. The Morgan fingerprint density at radius 3 is 2.22 bits per heavy atom. The molecule has 18 heavy (non-hydrogen) atoms. The molecule has 0 aliphatic carbocycles. The van der Waals surface area contributed by atoms with E-state index in [2.05, 4.69) is 20.8 Å². The van der Waals surface area contributed by atoms with Crippen LogP contribution < -0.4 is 0 Å². The molecule has 0 spiro atoms. The molecular formula is C15H21NO2. The molecule has 0 bridgehead atoms. The van der Waals surface area contributed by atoms with Crippen molar-refractivity contribution in [3.63, 3.8) is 0 Å². The molecule has 0 amide bonds. The van der Waals surface area contributed by atoms with E-state index in [9.17, 15) is 4.79 Å². The summed E-state index contributed by atoms with van der Waals surface area (Å²) >= 11 is 0. The summed E-state index contributed by atoms with van der Waals surface area (Å²) in [7, 11) is 0. The van der Waals surface area contributed by atoms with Gasteiger partial charge >= 0.3 is 5.97 Å². The van der Waals surface area contributed by atoms with Crippen molar-refractivity contribution in [2.75, 3.05) is 0 Å². The van der Waals surface area contributed by atoms with Crippen molar-refractivity contribution < 1.29 is 9.63 Å². The van der Waals surface area contributed by atoms with Crippen LogP contribution in [0.25, 0.3) is 0 Å². The van der Waals surface area contributed by atoms with Gasteiger partial charge in [-0.15, -0.1) is 5.06 Å². The van der Waals surface area contributed by atoms with Gasteiger partial charge in [0.25, 0.3) is 0 Å². The van der Waals surface area contributed by atoms with E-state index in [0.717, 1.165) is 5.56 Å². The highest BCUT2D eigenvalue weighted by atomic mass is 16.7. The third-order valence-corrected chi connectivity index (χ3v) is 3.40. The van der Waals surface area contributed by atoms with E-state index in [4.69, 9.17) is 4.84 Å². The number of hydrogen-bond acceptors (Lipinski definition) is 3. The molecule has 1 atom stereocenters. The molecule has 3 nitrogen and oxygen atoms in total. The third-order valence-electron chi connectivity index (χ3n) is 3.40. The summed E-state index contributed by atoms with van der Waals surface area (Å²) in [4.78, 5) is 17.6. The predicted octanol–water partition coefficient (Wildman–Crippen LogP) is 3.33. The summed E-state index contributed by atoms with van der Waals surface area (Å²) in [6.07, 6.45) is 0. The lowest BCUT2D eigenvalue weighted by molar-refractivity contribution is -0.200. The Morgan fingerprint density at radius 1 is 1.17 bits per heavy atom. The second-order valence-corrected chi connectivity index (χ2v) is 6.41. The first-order chi connectivity index (χ1) is 8.24. The van der Waals surface area contributed by atoms with E-state index in [0.29, 0.717) is 0 Å². The smallest absolute Gasteiger partial charge is 0.332 e. The topological polar surface area (TPSA) is 29.5 Å². The second kappa shape index (κ2) is 4.09. The van der Waals surface area contributed by atoms with Crippen molar-refractivity contribution in [3.05, 3.63) is 35.9 Å². The fourth-order valence-corrected chi connectivity index (χ4v) is 2.38. The van der Waals surface area contributed by atoms with Gasteiger partial charge < -0.3 is 4.84 Å². The molecule has 3 heteroatoms. The molecule has 1 saturated heterocycles. The van der Waals surface area contributed by atoms with Crippen molar-refractivity contribution in [1.82, 2.24) is 5.06 Å². The van der Waals surface area contributed by atoms with Gasteiger partial charge in [-0.3, -0.25) is 0 Å². The minimum Gasteiger partial charge on any atom is -0.366 e. The highest BCUT2D eigenvalue weighted by Gasteiger charge is 2.54. The molecule has 1 aromatic carbocycles. The fourth-order valence-electron chi connectivity index (χ4n) is 2.38. The maximum absolute atomic E-state index is 12.1. The summed E-state index contributed by atoms with van der Waals surface area (Å²) in [6, 6.07) is 10.0. The van der Waals surface area contributed by atoms with Gasteiger partial charge in [-0.2, -0.15) is 0 Å². The maximum atomic E-state index is 12.1. The molecule has 98 valence electrons. The Morgan fingerprint density at radius 2 is 1.72 bits per heavy atom. The van der Waals surface area contributed by atoms with Crippen LogP contribution in [0.15, 0.2) is 30.3 Å². The molecule has 1 fully saturated rings. The van der Waals surface area contributed by atoms with Crippen LogP contribution in [0.1, 0.15) is 46.2 Å². The minimum absolute atomic E-state index is 0.0498. The summed E-state index contributed by atoms with van der Waals surface area (Å²) < 4.78 is 0. The second-order valence-electron chi connectivity index (χ2n) is 6.41. The molecule has 0 aromatic heterocycles. The molecule has 2 rings (SSSR count). The van der Waals surface area contributed by atoms with Crippen LogP contribution in [0, 0.1) is 5.41 Å². The first kappa shape index (κ1) is 13.1. The van der Waals surface area contributed by atoms with Crippen molar-refractivity contribution in [1.29, 1.82) is 0 Å². The van der Waals surface area contributed by atoms with Gasteiger partial charge in [0.1, 0.15) is 0 Å². The first-order valence-corrected chi connectivity index (χ1v) is 6.31. The number of benzene rings is 1. The van der Waals surface area contributed by atoms with Crippen LogP contribution in [0.3, 0.4) is 0 Å². The number of hydroxylamine groups is 2. The molecule has 0 N–H and O–H groups in total. The van der Waals surface area contributed by atoms with Crippen molar-refractivity contribution in [2.24, 2.45) is 5.41 Å². The molecule has 0 saturated carbocycles. The van der Waals surface area contributed by atoms with Gasteiger partial charge in [0.2, 0.25) is 0 Å². The van der Waals surface area contributed by atoms with Gasteiger partial charge in [-0.1, -0.05) is 30.3 Å². The number of nitrogens with zero attached hydrogens (tertiary/aromatic N) is 1. The number of carbonyl (C=O) groups excluding carboxylic acids is 1. The zero-order valence-electron chi connectivity index (χ0n) is 11.7. The summed E-state index contributed by atoms with van der Waals surface area (Å²) in [5.41, 5.74) is 0.363. The molecule has 1 aliphatic heterocycles. The number of rotatable bonds is 1. The first-order valence-electron chi connectivity index (χ1n) is 6.31. The van der Waals surface area contributed by atoms with E-state index in [1.165, 1.54) is 0 Å². The van der Waals surface area contributed by atoms with Crippen LogP contribution in [0.2, 0.25) is 0 Å². The number of hydrogen-bond donors (Lipinski definition) is 0. The zero-order valence-corrected chi connectivity index (χ0v) is 11.7. The minimum atomic E-state index is -0.533. The highest BCUT2D eigenvalue weighted by Crippen LogP contribution is 2.48. The predicted molar refractivity (Wildman–Crippen MR) is 70.6 cm³/mol. The molecule has 0 unspecified atom stereocenters. The van der Waals surface area contributed by atoms with Gasteiger partial charge in [0.15, 0.2) is 0 Å². The Labute approximate surface area is 109 Å². The van der Waals surface area contributed by atoms with E-state index in [1.807, 2.05) is 49.2 Å². The Hall–Kier alpha value is -1.35. The van der Waals surface area contributed by atoms with E-state index in [1.54, 1.807) is 0 Å². The Bertz CT molecular complexity index is 445. The largest absolute Gasteiger partial charge is 0.366 e. The lowest BCUT2D eigenvalue weighted by Crippen LogP contribution is -2.41. The summed E-state index contributed by atoms with van der Waals surface area (Å²) in [6.45, 7) is 10.0. The molecule has 1 heterocycles. The van der Waals surface area contributed by atoms with Gasteiger partial charge in [-0.05, 0) is 40.2 Å². The molecule has 1 aliphatic rings. The third kappa shape index (κ3) is 2.03. The van der Waals surface area contributed by atoms with Crippen LogP contribution >= 0.6 is 0 Å². The van der Waals surface area contributed by atoms with Gasteiger partial charge in [0, 0.05) is 5.54 Å². The Balaban J connectivity index is 2.48. The van der Waals surface area contributed by atoms with Crippen LogP contribution in [-0.2, 0) is 9.63 Å². The SMILES string of the molecule is CC1(C)C(=O)ON(C(C)(C)C)[C@H]1c1ccccc1. The van der Waals surface area contributed by atoms with Crippen molar-refractivity contribution in [3.8, 4) is 0 Å². The van der Waals surface area contributed by atoms with E-state index < -0.39 is 5.41 Å². The Kier molecular flexibility index (Phi) is 2.98. The quantitative estimate of drug-likeness (QED) is 0.762. The standard InChI is InChI=1S/C15H21NO2/c1-14(2,3)16-12(11-9-7-6-8-10-11)15(4,5)13(17)18-16/h6-10,12H,1-5H3/t12-/m0/s1. The molecule has 1 aromatic rings. The molecule has 0 radical (unpaired) electrons. The highest BCUT2D eigenvalue weighted by molar-refractivity contribution is 5.79. The van der Waals surface area contributed by atoms with Crippen molar-refractivity contribution in [2.45, 2.75) is 46.2 Å². The average Bonchev–Trinajstić information content (AvgIpc) is 2.51. The number of carbonyl (C=O) groups is 1. The fraction of sp³-hybridized carbons (Fsp3) is 0.533. The van der Waals surface area contributed by atoms with E-state index in [-0.39, 0.29) is 17.6 Å². The van der Waals surface area contributed by atoms with Gasteiger partial charge in [-0.25, -0.2) is 4.79 Å². The lowest BCUT2D eigenvalue weighted by Gasteiger charge is -2.36. The summed E-state index contributed by atoms with van der Waals surface area (Å²) in [5, 5.41) is 1.82. The van der Waals surface area contributed by atoms with Crippen LogP contribution in [-0.4, -0.2) is 16.6 Å². The maximum Gasteiger partial charge on any atom is 0.332 e. The normalized spacial score (nSPS) is 24.1. The lowest BCUT2D eigenvalue weighted by atomic mass is 9.80. The van der Waals surface area contributed by atoms with E-state index >= 15 is 0 Å².